The molecule has 0 bridgehead atoms. The Bertz CT molecular complexity index is 1460. The highest BCUT2D eigenvalue weighted by molar-refractivity contribution is 6.35. The van der Waals surface area contributed by atoms with E-state index in [0.717, 1.165) is 54.0 Å². The highest BCUT2D eigenvalue weighted by Gasteiger charge is 2.37. The van der Waals surface area contributed by atoms with Crippen LogP contribution < -0.4 is 15.0 Å². The second kappa shape index (κ2) is 14.6. The molecule has 0 saturated carbocycles. The number of aromatic nitrogens is 2. The van der Waals surface area contributed by atoms with Crippen LogP contribution in [-0.2, 0) is 14.3 Å². The van der Waals surface area contributed by atoms with E-state index in [2.05, 4.69) is 29.0 Å². The van der Waals surface area contributed by atoms with Crippen molar-refractivity contribution in [3.63, 3.8) is 0 Å². The van der Waals surface area contributed by atoms with Crippen molar-refractivity contribution in [1.29, 1.82) is 0 Å². The summed E-state index contributed by atoms with van der Waals surface area (Å²) in [7, 11) is 0. The molecule has 1 aliphatic heterocycles. The average molecular weight is 658 g/mol. The summed E-state index contributed by atoms with van der Waals surface area (Å²) in [6.45, 7) is 18.7. The standard InChI is InChI=1S/C35H46Cl2N4O4/c1-22(2)44-33(42)32(45-34(4,5)6)30-23(3)39-21-26(31(30)41-16-13-35(7,8)14-17-41)24-9-12-29(40-20-24)38-15-18-43-28-11-10-25(36)19-27(28)37/h9-12,19-22,32H,13-18H2,1-8H3,(H,38,40)/t32-/m0/s1. The fourth-order valence-corrected chi connectivity index (χ4v) is 5.74. The predicted octanol–water partition coefficient (Wildman–Crippen LogP) is 8.68. The number of nitrogens with one attached hydrogen (secondary N) is 1. The zero-order valence-corrected chi connectivity index (χ0v) is 29.2. The number of pyridine rings is 2. The van der Waals surface area contributed by atoms with Crippen molar-refractivity contribution in [2.45, 2.75) is 86.0 Å². The Kier molecular flexibility index (Phi) is 11.3. The molecule has 3 heterocycles. The van der Waals surface area contributed by atoms with Gasteiger partial charge in [0.1, 0.15) is 18.2 Å². The quantitative estimate of drug-likeness (QED) is 0.162. The number of carbonyl (C=O) groups excluding carboxylic acids is 1. The predicted molar refractivity (Wildman–Crippen MR) is 183 cm³/mol. The molecule has 0 aliphatic carbocycles. The van der Waals surface area contributed by atoms with Gasteiger partial charge in [-0.1, -0.05) is 37.0 Å². The number of piperidine rings is 1. The number of halogens is 2. The van der Waals surface area contributed by atoms with Crippen molar-refractivity contribution in [3.05, 3.63) is 64.0 Å². The number of hydrogen-bond acceptors (Lipinski definition) is 8. The minimum absolute atomic E-state index is 0.244. The van der Waals surface area contributed by atoms with Crippen LogP contribution in [0.2, 0.25) is 10.0 Å². The van der Waals surface area contributed by atoms with Crippen molar-refractivity contribution in [2.24, 2.45) is 5.41 Å². The summed E-state index contributed by atoms with van der Waals surface area (Å²) in [4.78, 5) is 25.5. The van der Waals surface area contributed by atoms with Crippen LogP contribution in [0, 0.1) is 12.3 Å². The number of rotatable bonds is 11. The molecular formula is C35H46Cl2N4O4. The topological polar surface area (TPSA) is 85.8 Å². The molecule has 0 amide bonds. The molecule has 1 aliphatic rings. The van der Waals surface area contributed by atoms with Crippen LogP contribution in [-0.4, -0.2) is 53.9 Å². The van der Waals surface area contributed by atoms with Crippen LogP contribution in [0.5, 0.6) is 5.75 Å². The number of ether oxygens (including phenoxy) is 3. The third-order valence-corrected chi connectivity index (χ3v) is 8.18. The summed E-state index contributed by atoms with van der Waals surface area (Å²) in [5.74, 6) is 0.870. The lowest BCUT2D eigenvalue weighted by Gasteiger charge is -2.41. The van der Waals surface area contributed by atoms with E-state index in [0.29, 0.717) is 34.8 Å². The first kappa shape index (κ1) is 34.8. The summed E-state index contributed by atoms with van der Waals surface area (Å²) in [6.07, 6.45) is 4.55. The number of carbonyl (C=O) groups is 1. The van der Waals surface area contributed by atoms with Crippen molar-refractivity contribution < 1.29 is 19.0 Å². The second-order valence-corrected chi connectivity index (χ2v) is 14.4. The van der Waals surface area contributed by atoms with Gasteiger partial charge in [-0.25, -0.2) is 9.78 Å². The van der Waals surface area contributed by atoms with E-state index in [4.69, 9.17) is 42.4 Å². The Balaban J connectivity index is 1.65. The molecule has 8 nitrogen and oxygen atoms in total. The van der Waals surface area contributed by atoms with Gasteiger partial charge in [-0.15, -0.1) is 0 Å². The van der Waals surface area contributed by atoms with Crippen molar-refractivity contribution >= 4 is 40.7 Å². The Morgan fingerprint density at radius 1 is 1.07 bits per heavy atom. The molecule has 0 unspecified atom stereocenters. The lowest BCUT2D eigenvalue weighted by atomic mass is 9.82. The lowest BCUT2D eigenvalue weighted by Crippen LogP contribution is -2.39. The van der Waals surface area contributed by atoms with E-state index in [-0.39, 0.29) is 11.5 Å². The first-order valence-electron chi connectivity index (χ1n) is 15.5. The molecule has 1 saturated heterocycles. The molecule has 0 radical (unpaired) electrons. The van der Waals surface area contributed by atoms with E-state index in [1.165, 1.54) is 0 Å². The van der Waals surface area contributed by atoms with E-state index in [9.17, 15) is 4.79 Å². The van der Waals surface area contributed by atoms with Crippen LogP contribution in [0.3, 0.4) is 0 Å². The van der Waals surface area contributed by atoms with Gasteiger partial charge in [0.25, 0.3) is 0 Å². The van der Waals surface area contributed by atoms with Gasteiger partial charge in [0, 0.05) is 52.9 Å². The average Bonchev–Trinajstić information content (AvgIpc) is 2.95. The number of esters is 1. The molecule has 1 fully saturated rings. The minimum Gasteiger partial charge on any atom is -0.490 e. The lowest BCUT2D eigenvalue weighted by molar-refractivity contribution is -0.171. The smallest absolute Gasteiger partial charge is 0.340 e. The maximum Gasteiger partial charge on any atom is 0.340 e. The van der Waals surface area contributed by atoms with Crippen molar-refractivity contribution in [2.75, 3.05) is 36.5 Å². The summed E-state index contributed by atoms with van der Waals surface area (Å²) >= 11 is 12.2. The van der Waals surface area contributed by atoms with Crippen LogP contribution in [0.25, 0.3) is 11.1 Å². The van der Waals surface area contributed by atoms with E-state index < -0.39 is 17.7 Å². The molecule has 0 spiro atoms. The largest absolute Gasteiger partial charge is 0.490 e. The zero-order chi connectivity index (χ0) is 32.9. The maximum absolute atomic E-state index is 13.6. The number of nitrogens with zero attached hydrogens (tertiary/aromatic N) is 3. The highest BCUT2D eigenvalue weighted by Crippen LogP contribution is 2.43. The van der Waals surface area contributed by atoms with Gasteiger partial charge >= 0.3 is 5.97 Å². The number of benzene rings is 1. The summed E-state index contributed by atoms with van der Waals surface area (Å²) in [6, 6.07) is 9.10. The van der Waals surface area contributed by atoms with Crippen LogP contribution in [0.15, 0.2) is 42.7 Å². The Labute approximate surface area is 277 Å². The fraction of sp³-hybridized carbons (Fsp3) is 0.514. The zero-order valence-electron chi connectivity index (χ0n) is 27.7. The first-order valence-corrected chi connectivity index (χ1v) is 16.3. The van der Waals surface area contributed by atoms with Crippen LogP contribution >= 0.6 is 23.2 Å². The number of anilines is 2. The van der Waals surface area contributed by atoms with Gasteiger partial charge in [0.2, 0.25) is 0 Å². The molecule has 1 N–H and O–H groups in total. The van der Waals surface area contributed by atoms with Crippen molar-refractivity contribution in [3.8, 4) is 16.9 Å². The van der Waals surface area contributed by atoms with E-state index >= 15 is 0 Å². The fourth-order valence-electron chi connectivity index (χ4n) is 5.27. The summed E-state index contributed by atoms with van der Waals surface area (Å²) in [5.41, 5.74) is 3.87. The van der Waals surface area contributed by atoms with Gasteiger partial charge in [-0.05, 0) is 90.1 Å². The molecule has 4 rings (SSSR count). The molecule has 1 aromatic carbocycles. The third kappa shape index (κ3) is 9.47. The van der Waals surface area contributed by atoms with Crippen LogP contribution in [0.1, 0.15) is 78.7 Å². The van der Waals surface area contributed by atoms with Gasteiger partial charge < -0.3 is 24.4 Å². The Morgan fingerprint density at radius 3 is 2.38 bits per heavy atom. The SMILES string of the molecule is Cc1ncc(-c2ccc(NCCOc3ccc(Cl)cc3Cl)nc2)c(N2CCC(C)(C)CC2)c1[C@H](OC(C)(C)C)C(=O)OC(C)C. The Hall–Kier alpha value is -3.07. The first-order chi connectivity index (χ1) is 21.1. The highest BCUT2D eigenvalue weighted by atomic mass is 35.5. The van der Waals surface area contributed by atoms with Gasteiger partial charge in [0.05, 0.1) is 29.0 Å². The Morgan fingerprint density at radius 2 is 1.78 bits per heavy atom. The molecule has 3 aromatic rings. The number of aryl methyl sites for hydroxylation is 1. The molecular weight excluding hydrogens is 611 g/mol. The van der Waals surface area contributed by atoms with Gasteiger partial charge in [0.15, 0.2) is 6.10 Å². The molecule has 244 valence electrons. The van der Waals surface area contributed by atoms with E-state index in [1.807, 2.05) is 66.1 Å². The molecule has 45 heavy (non-hydrogen) atoms. The number of hydrogen-bond donors (Lipinski definition) is 1. The van der Waals surface area contributed by atoms with Gasteiger partial charge in [-0.2, -0.15) is 0 Å². The molecule has 2 aromatic heterocycles. The van der Waals surface area contributed by atoms with Crippen molar-refractivity contribution in [1.82, 2.24) is 9.97 Å². The molecule has 10 heteroatoms. The van der Waals surface area contributed by atoms with Gasteiger partial charge in [-0.3, -0.25) is 4.98 Å². The normalized spacial score (nSPS) is 15.6. The molecule has 1 atom stereocenters. The minimum atomic E-state index is -0.937. The van der Waals surface area contributed by atoms with E-state index in [1.54, 1.807) is 18.2 Å². The third-order valence-electron chi connectivity index (χ3n) is 7.65. The summed E-state index contributed by atoms with van der Waals surface area (Å²) in [5, 5.41) is 4.33. The second-order valence-electron chi connectivity index (χ2n) is 13.5. The summed E-state index contributed by atoms with van der Waals surface area (Å²) < 4.78 is 18.0. The monoisotopic (exact) mass is 656 g/mol. The van der Waals surface area contributed by atoms with Crippen LogP contribution in [0.4, 0.5) is 11.5 Å². The maximum atomic E-state index is 13.6.